The summed E-state index contributed by atoms with van der Waals surface area (Å²) in [6, 6.07) is 3.70. The number of aliphatic carboxylic acids is 1. The van der Waals surface area contributed by atoms with E-state index in [1.54, 1.807) is 20.8 Å². The zero-order chi connectivity index (χ0) is 16.3. The van der Waals surface area contributed by atoms with Gasteiger partial charge in [-0.2, -0.15) is 0 Å². The van der Waals surface area contributed by atoms with Crippen LogP contribution in [0, 0.1) is 11.2 Å². The first-order chi connectivity index (χ1) is 9.48. The number of halogens is 1. The van der Waals surface area contributed by atoms with Crippen molar-refractivity contribution in [3.63, 3.8) is 0 Å². The highest BCUT2D eigenvalue weighted by molar-refractivity contribution is 7.92. The van der Waals surface area contributed by atoms with Gasteiger partial charge in [0.05, 0.1) is 11.4 Å². The molecule has 5 nitrogen and oxygen atoms in total. The highest BCUT2D eigenvalue weighted by atomic mass is 32.2. The largest absolute Gasteiger partial charge is 0.478 e. The van der Waals surface area contributed by atoms with Crippen molar-refractivity contribution in [3.8, 4) is 0 Å². The summed E-state index contributed by atoms with van der Waals surface area (Å²) in [5, 5.41) is 8.48. The van der Waals surface area contributed by atoms with Gasteiger partial charge in [0.1, 0.15) is 5.82 Å². The van der Waals surface area contributed by atoms with Gasteiger partial charge in [0.2, 0.25) is 10.0 Å². The number of hydrogen-bond acceptors (Lipinski definition) is 3. The Morgan fingerprint density at radius 3 is 2.48 bits per heavy atom. The Labute approximate surface area is 123 Å². The number of carboxylic acids is 1. The third-order valence-electron chi connectivity index (χ3n) is 2.30. The van der Waals surface area contributed by atoms with E-state index in [1.807, 2.05) is 0 Å². The highest BCUT2D eigenvalue weighted by Crippen LogP contribution is 2.20. The molecule has 0 atom stereocenters. The molecule has 0 radical (unpaired) electrons. The van der Waals surface area contributed by atoms with Crippen molar-refractivity contribution in [3.05, 3.63) is 35.7 Å². The topological polar surface area (TPSA) is 83.5 Å². The van der Waals surface area contributed by atoms with Crippen LogP contribution in [0.2, 0.25) is 0 Å². The van der Waals surface area contributed by atoms with Gasteiger partial charge < -0.3 is 5.11 Å². The molecule has 116 valence electrons. The smallest absolute Gasteiger partial charge is 0.328 e. The van der Waals surface area contributed by atoms with Gasteiger partial charge in [0.25, 0.3) is 0 Å². The quantitative estimate of drug-likeness (QED) is 0.818. The summed E-state index contributed by atoms with van der Waals surface area (Å²) in [5.74, 6) is -1.99. The summed E-state index contributed by atoms with van der Waals surface area (Å²) in [6.45, 7) is 5.35. The number of rotatable bonds is 5. The van der Waals surface area contributed by atoms with Crippen molar-refractivity contribution >= 4 is 27.8 Å². The molecule has 1 aromatic rings. The lowest BCUT2D eigenvalue weighted by Gasteiger charge is -2.18. The lowest BCUT2D eigenvalue weighted by atomic mass is 10.0. The van der Waals surface area contributed by atoms with Gasteiger partial charge in [-0.05, 0) is 29.7 Å². The molecule has 0 bridgehead atoms. The molecule has 0 amide bonds. The zero-order valence-corrected chi connectivity index (χ0v) is 12.9. The Balaban J connectivity index is 2.92. The van der Waals surface area contributed by atoms with Gasteiger partial charge in [-0.15, -0.1) is 0 Å². The standard InChI is InChI=1S/C14H18FNO4S/c1-14(2,3)9-21(19,20)16-11-6-4-10(12(15)8-11)5-7-13(17)18/h4-8,16H,9H2,1-3H3,(H,17,18). The summed E-state index contributed by atoms with van der Waals surface area (Å²) in [6.07, 6.45) is 1.91. The van der Waals surface area contributed by atoms with Crippen LogP contribution in [-0.4, -0.2) is 25.2 Å². The Hall–Kier alpha value is -1.89. The fourth-order valence-corrected chi connectivity index (χ4v) is 3.37. The van der Waals surface area contributed by atoms with E-state index in [0.29, 0.717) is 0 Å². The molecule has 0 saturated heterocycles. The maximum Gasteiger partial charge on any atom is 0.328 e. The van der Waals surface area contributed by atoms with E-state index in [9.17, 15) is 17.6 Å². The van der Waals surface area contributed by atoms with E-state index in [0.717, 1.165) is 18.2 Å². The highest BCUT2D eigenvalue weighted by Gasteiger charge is 2.21. The minimum absolute atomic E-state index is 0.0659. The minimum atomic E-state index is -3.58. The van der Waals surface area contributed by atoms with Crippen LogP contribution < -0.4 is 4.72 Å². The molecular weight excluding hydrogens is 297 g/mol. The molecule has 0 fully saturated rings. The molecule has 0 aliphatic heterocycles. The molecule has 1 rings (SSSR count). The van der Waals surface area contributed by atoms with Crippen LogP contribution in [-0.2, 0) is 14.8 Å². The van der Waals surface area contributed by atoms with Crippen LogP contribution in [0.1, 0.15) is 26.3 Å². The Kier molecular flexibility index (Phi) is 5.11. The van der Waals surface area contributed by atoms with E-state index >= 15 is 0 Å². The van der Waals surface area contributed by atoms with Crippen molar-refractivity contribution in [2.75, 3.05) is 10.5 Å². The van der Waals surface area contributed by atoms with Crippen LogP contribution >= 0.6 is 0 Å². The lowest BCUT2D eigenvalue weighted by Crippen LogP contribution is -2.26. The molecule has 0 heterocycles. The first-order valence-corrected chi connectivity index (χ1v) is 7.85. The minimum Gasteiger partial charge on any atom is -0.478 e. The van der Waals surface area contributed by atoms with Gasteiger partial charge in [0.15, 0.2) is 0 Å². The predicted molar refractivity (Wildman–Crippen MR) is 79.9 cm³/mol. The second-order valence-corrected chi connectivity index (χ2v) is 7.55. The third kappa shape index (κ3) is 6.40. The van der Waals surface area contributed by atoms with E-state index in [2.05, 4.69) is 4.72 Å². The Morgan fingerprint density at radius 1 is 1.38 bits per heavy atom. The first-order valence-electron chi connectivity index (χ1n) is 6.20. The zero-order valence-electron chi connectivity index (χ0n) is 12.1. The van der Waals surface area contributed by atoms with E-state index in [4.69, 9.17) is 5.11 Å². The number of hydrogen-bond donors (Lipinski definition) is 2. The molecule has 0 spiro atoms. The summed E-state index contributed by atoms with van der Waals surface area (Å²) in [7, 11) is -3.58. The van der Waals surface area contributed by atoms with Crippen LogP contribution in [0.25, 0.3) is 6.08 Å². The number of carboxylic acid groups (broad SMARTS) is 1. The molecule has 0 unspecified atom stereocenters. The monoisotopic (exact) mass is 315 g/mol. The van der Waals surface area contributed by atoms with Gasteiger partial charge in [-0.1, -0.05) is 20.8 Å². The van der Waals surface area contributed by atoms with E-state index < -0.39 is 27.2 Å². The first kappa shape index (κ1) is 17.2. The normalized spacial score (nSPS) is 12.6. The molecule has 0 aliphatic rings. The number of carbonyl (C=O) groups is 1. The van der Waals surface area contributed by atoms with Crippen molar-refractivity contribution in [2.45, 2.75) is 20.8 Å². The molecule has 21 heavy (non-hydrogen) atoms. The molecule has 0 saturated carbocycles. The fourth-order valence-electron chi connectivity index (χ4n) is 1.67. The SMILES string of the molecule is CC(C)(C)CS(=O)(=O)Nc1ccc(C=CC(=O)O)c(F)c1. The summed E-state index contributed by atoms with van der Waals surface area (Å²) in [4.78, 5) is 10.4. The van der Waals surface area contributed by atoms with E-state index in [1.165, 1.54) is 12.1 Å². The van der Waals surface area contributed by atoms with Gasteiger partial charge in [0, 0.05) is 11.6 Å². The summed E-state index contributed by atoms with van der Waals surface area (Å²) in [5.41, 5.74) is -0.255. The maximum absolute atomic E-state index is 13.7. The van der Waals surface area contributed by atoms with Gasteiger partial charge in [-0.3, -0.25) is 4.72 Å². The number of sulfonamides is 1. The lowest BCUT2D eigenvalue weighted by molar-refractivity contribution is -0.131. The van der Waals surface area contributed by atoms with Crippen LogP contribution in [0.15, 0.2) is 24.3 Å². The van der Waals surface area contributed by atoms with Crippen molar-refractivity contribution in [1.82, 2.24) is 0 Å². The van der Waals surface area contributed by atoms with Crippen molar-refractivity contribution in [1.29, 1.82) is 0 Å². The second kappa shape index (κ2) is 6.26. The van der Waals surface area contributed by atoms with E-state index in [-0.39, 0.29) is 17.0 Å². The Morgan fingerprint density at radius 2 is 2.00 bits per heavy atom. The fraction of sp³-hybridized carbons (Fsp3) is 0.357. The van der Waals surface area contributed by atoms with Crippen molar-refractivity contribution in [2.24, 2.45) is 5.41 Å². The van der Waals surface area contributed by atoms with Gasteiger partial charge in [-0.25, -0.2) is 17.6 Å². The number of nitrogens with one attached hydrogen (secondary N) is 1. The average molecular weight is 315 g/mol. The van der Waals surface area contributed by atoms with Crippen molar-refractivity contribution < 1.29 is 22.7 Å². The molecule has 0 aromatic heterocycles. The number of anilines is 1. The second-order valence-electron chi connectivity index (χ2n) is 5.83. The van der Waals surface area contributed by atoms with Crippen LogP contribution in [0.5, 0.6) is 0 Å². The maximum atomic E-state index is 13.7. The summed E-state index contributed by atoms with van der Waals surface area (Å²) < 4.78 is 39.8. The average Bonchev–Trinajstić information content (AvgIpc) is 2.23. The van der Waals surface area contributed by atoms with Crippen LogP contribution in [0.4, 0.5) is 10.1 Å². The third-order valence-corrected chi connectivity index (χ3v) is 4.10. The Bertz CT molecular complexity index is 660. The molecule has 2 N–H and O–H groups in total. The molecule has 0 aliphatic carbocycles. The molecular formula is C14H18FNO4S. The van der Waals surface area contributed by atoms with Crippen LogP contribution in [0.3, 0.4) is 0 Å². The predicted octanol–water partition coefficient (Wildman–Crippen LogP) is 2.71. The van der Waals surface area contributed by atoms with Gasteiger partial charge >= 0.3 is 5.97 Å². The molecule has 7 heteroatoms. The number of benzene rings is 1. The summed E-state index contributed by atoms with van der Waals surface area (Å²) >= 11 is 0. The molecule has 1 aromatic carbocycles.